The van der Waals surface area contributed by atoms with E-state index in [9.17, 15) is 19.0 Å². The van der Waals surface area contributed by atoms with Gasteiger partial charge in [-0.1, -0.05) is 405 Å². The molecule has 99 heavy (non-hydrogen) atoms. The number of rotatable bonds is 79. The highest BCUT2D eigenvalue weighted by atomic mass is 31.2. The van der Waals surface area contributed by atoms with Crippen LogP contribution in [0.3, 0.4) is 0 Å². The molecule has 2 atom stereocenters. The minimum atomic E-state index is -4.40. The van der Waals surface area contributed by atoms with Gasteiger partial charge in [0.25, 0.3) is 0 Å². The van der Waals surface area contributed by atoms with Crippen LogP contribution in [0.4, 0.5) is 0 Å². The molecule has 0 heterocycles. The molecule has 0 spiro atoms. The molecular weight excluding hydrogens is 1240 g/mol. The second kappa shape index (κ2) is 83.4. The summed E-state index contributed by atoms with van der Waals surface area (Å²) in [6, 6.07) is 0. The average Bonchev–Trinajstić information content (AvgIpc) is 1.19. The van der Waals surface area contributed by atoms with Gasteiger partial charge in [0.15, 0.2) is 6.10 Å². The zero-order valence-corrected chi connectivity index (χ0v) is 65.6. The number of ether oxygens (including phenoxy) is 2. The van der Waals surface area contributed by atoms with Crippen molar-refractivity contribution >= 4 is 19.8 Å². The summed E-state index contributed by atoms with van der Waals surface area (Å²) in [5, 5.41) is 0. The van der Waals surface area contributed by atoms with Crippen LogP contribution in [0.1, 0.15) is 399 Å². The number of esters is 2. The van der Waals surface area contributed by atoms with Crippen molar-refractivity contribution in [2.24, 2.45) is 5.73 Å². The van der Waals surface area contributed by atoms with Gasteiger partial charge in [-0.05, 0) is 103 Å². The third kappa shape index (κ3) is 83.2. The second-order valence-electron chi connectivity index (χ2n) is 27.9. The molecule has 0 aliphatic rings. The van der Waals surface area contributed by atoms with E-state index < -0.39 is 26.5 Å². The number of phosphoric ester groups is 1. The molecule has 0 fully saturated rings. The Morgan fingerprint density at radius 1 is 0.303 bits per heavy atom. The predicted molar refractivity (Wildman–Crippen MR) is 431 cm³/mol. The Morgan fingerprint density at radius 2 is 0.525 bits per heavy atom. The van der Waals surface area contributed by atoms with Crippen molar-refractivity contribution in [1.29, 1.82) is 0 Å². The minimum Gasteiger partial charge on any atom is -0.462 e. The van der Waals surface area contributed by atoms with E-state index in [-0.39, 0.29) is 38.6 Å². The fourth-order valence-electron chi connectivity index (χ4n) is 12.2. The summed E-state index contributed by atoms with van der Waals surface area (Å²) in [4.78, 5) is 35.5. The number of carbonyl (C=O) groups excluding carboxylic acids is 2. The lowest BCUT2D eigenvalue weighted by atomic mass is 10.0. The van der Waals surface area contributed by atoms with Gasteiger partial charge in [0.05, 0.1) is 13.2 Å². The first-order valence-electron chi connectivity index (χ1n) is 42.0. The first kappa shape index (κ1) is 95.4. The lowest BCUT2D eigenvalue weighted by Gasteiger charge is -2.19. The van der Waals surface area contributed by atoms with E-state index in [2.05, 4.69) is 135 Å². The molecule has 0 bridgehead atoms. The average molecular weight is 1400 g/mol. The van der Waals surface area contributed by atoms with E-state index in [0.717, 1.165) is 96.3 Å². The standard InChI is InChI=1S/C89H158NO8P/c1-3-5-7-9-11-13-15-17-19-21-23-25-27-29-31-33-35-37-39-41-42-43-44-46-48-50-52-54-56-58-60-62-64-66-68-70-72-74-76-78-80-82-89(92)98-87(86-97-99(93,94)96-84-83-90)85-95-88(91)81-79-77-75-73-71-69-67-65-63-61-59-57-55-53-51-49-47-45-40-38-36-34-32-30-28-26-24-22-20-18-16-14-12-10-8-6-4-2/h5-8,11-14,17-20,23-26,29-32,87H,3-4,9-10,15-16,21-22,27-28,33-86,90H2,1-2H3,(H,93,94)/b7-5-,8-6-,13-11-,14-12-,19-17-,20-18-,25-23-,26-24-,31-29-,32-30-. The monoisotopic (exact) mass is 1400 g/mol. The molecule has 0 amide bonds. The van der Waals surface area contributed by atoms with Crippen molar-refractivity contribution in [3.05, 3.63) is 122 Å². The van der Waals surface area contributed by atoms with Gasteiger partial charge in [0.2, 0.25) is 0 Å². The molecule has 10 heteroatoms. The van der Waals surface area contributed by atoms with E-state index >= 15 is 0 Å². The number of allylic oxidation sites excluding steroid dienone is 20. The minimum absolute atomic E-state index is 0.0532. The molecule has 0 aliphatic carbocycles. The van der Waals surface area contributed by atoms with Crippen molar-refractivity contribution in [2.45, 2.75) is 405 Å². The molecule has 0 aromatic carbocycles. The summed E-state index contributed by atoms with van der Waals surface area (Å²) in [6.07, 6.45) is 118. The number of carbonyl (C=O) groups is 2. The molecule has 9 nitrogen and oxygen atoms in total. The zero-order chi connectivity index (χ0) is 71.5. The Balaban J connectivity index is 3.75. The third-order valence-electron chi connectivity index (χ3n) is 18.3. The summed E-state index contributed by atoms with van der Waals surface area (Å²) in [5.41, 5.74) is 5.42. The van der Waals surface area contributed by atoms with E-state index in [1.165, 1.54) is 270 Å². The Hall–Kier alpha value is -3.59. The Bertz CT molecular complexity index is 2050. The zero-order valence-electron chi connectivity index (χ0n) is 64.7. The SMILES string of the molecule is CC/C=C\C/C=C\C/C=C\C/C=C\C/C=C\CCCCCCCCCCCCCCCCCCCCCCCCCCCC(=O)OC(COC(=O)CCCCCCCCCCCCCCCCCCCCCCC/C=C\C/C=C\C/C=C\C/C=C\C/C=C\CC)COP(=O)(O)OCCN. The Labute approximate surface area is 612 Å². The lowest BCUT2D eigenvalue weighted by molar-refractivity contribution is -0.161. The molecule has 3 N–H and O–H groups in total. The topological polar surface area (TPSA) is 134 Å². The molecule has 2 unspecified atom stereocenters. The number of hydrogen-bond acceptors (Lipinski definition) is 8. The van der Waals surface area contributed by atoms with Gasteiger partial charge in [0.1, 0.15) is 6.61 Å². The summed E-state index contributed by atoms with van der Waals surface area (Å²) >= 11 is 0. The van der Waals surface area contributed by atoms with E-state index in [1.807, 2.05) is 0 Å². The Kier molecular flexibility index (Phi) is 80.3. The molecule has 0 aliphatic heterocycles. The van der Waals surface area contributed by atoms with E-state index in [0.29, 0.717) is 6.42 Å². The van der Waals surface area contributed by atoms with Crippen LogP contribution in [0, 0.1) is 0 Å². The van der Waals surface area contributed by atoms with Gasteiger partial charge in [0, 0.05) is 19.4 Å². The van der Waals surface area contributed by atoms with Crippen molar-refractivity contribution in [1.82, 2.24) is 0 Å². The van der Waals surface area contributed by atoms with E-state index in [1.54, 1.807) is 0 Å². The van der Waals surface area contributed by atoms with Gasteiger partial charge in [-0.25, -0.2) is 4.57 Å². The van der Waals surface area contributed by atoms with Crippen LogP contribution < -0.4 is 5.73 Å². The molecular formula is C89H158NO8P. The number of nitrogens with two attached hydrogens (primary N) is 1. The van der Waals surface area contributed by atoms with Crippen molar-refractivity contribution in [2.75, 3.05) is 26.4 Å². The number of unbranched alkanes of at least 4 members (excludes halogenated alkanes) is 46. The predicted octanol–water partition coefficient (Wildman–Crippen LogP) is 28.5. The molecule has 0 saturated heterocycles. The van der Waals surface area contributed by atoms with E-state index in [4.69, 9.17) is 24.3 Å². The van der Waals surface area contributed by atoms with Gasteiger partial charge in [-0.15, -0.1) is 0 Å². The smallest absolute Gasteiger partial charge is 0.462 e. The highest BCUT2D eigenvalue weighted by Gasteiger charge is 2.26. The van der Waals surface area contributed by atoms with Gasteiger partial charge >= 0.3 is 19.8 Å². The van der Waals surface area contributed by atoms with Crippen molar-refractivity contribution in [3.63, 3.8) is 0 Å². The molecule has 0 aromatic heterocycles. The maximum Gasteiger partial charge on any atom is 0.472 e. The number of hydrogen-bond donors (Lipinski definition) is 2. The quantitative estimate of drug-likeness (QED) is 0.0264. The first-order chi connectivity index (χ1) is 48.8. The van der Waals surface area contributed by atoms with Crippen LogP contribution in [0.2, 0.25) is 0 Å². The second-order valence-corrected chi connectivity index (χ2v) is 29.4. The van der Waals surface area contributed by atoms with Gasteiger partial charge in [-0.2, -0.15) is 0 Å². The van der Waals surface area contributed by atoms with Crippen LogP contribution in [0.5, 0.6) is 0 Å². The molecule has 0 radical (unpaired) electrons. The molecule has 0 saturated carbocycles. The summed E-state index contributed by atoms with van der Waals surface area (Å²) < 4.78 is 33.3. The van der Waals surface area contributed by atoms with Crippen LogP contribution in [0.15, 0.2) is 122 Å². The Morgan fingerprint density at radius 3 is 0.778 bits per heavy atom. The van der Waals surface area contributed by atoms with Crippen molar-refractivity contribution in [3.8, 4) is 0 Å². The van der Waals surface area contributed by atoms with Crippen molar-refractivity contribution < 1.29 is 37.6 Å². The molecule has 0 rings (SSSR count). The molecule has 572 valence electrons. The maximum absolute atomic E-state index is 12.8. The van der Waals surface area contributed by atoms with Crippen LogP contribution in [-0.4, -0.2) is 49.3 Å². The summed E-state index contributed by atoms with van der Waals surface area (Å²) in [7, 11) is -4.40. The maximum atomic E-state index is 12.8. The van der Waals surface area contributed by atoms with Crippen LogP contribution in [-0.2, 0) is 32.7 Å². The van der Waals surface area contributed by atoms with Crippen LogP contribution in [0.25, 0.3) is 0 Å². The highest BCUT2D eigenvalue weighted by molar-refractivity contribution is 7.47. The lowest BCUT2D eigenvalue weighted by Crippen LogP contribution is -2.29. The third-order valence-corrected chi connectivity index (χ3v) is 19.3. The normalized spacial score (nSPS) is 13.5. The van der Waals surface area contributed by atoms with Gasteiger partial charge < -0.3 is 20.1 Å². The first-order valence-corrected chi connectivity index (χ1v) is 43.5. The highest BCUT2D eigenvalue weighted by Crippen LogP contribution is 2.43. The summed E-state index contributed by atoms with van der Waals surface area (Å²) in [6.45, 7) is 3.57. The molecule has 0 aromatic rings. The fraction of sp³-hybridized carbons (Fsp3) is 0.753. The number of phosphoric acid groups is 1. The largest absolute Gasteiger partial charge is 0.472 e. The summed E-state index contributed by atoms with van der Waals surface area (Å²) in [5.74, 6) is -0.808. The fourth-order valence-corrected chi connectivity index (χ4v) is 13.0. The van der Waals surface area contributed by atoms with Gasteiger partial charge in [-0.3, -0.25) is 18.6 Å². The van der Waals surface area contributed by atoms with Crippen LogP contribution >= 0.6 is 7.82 Å².